The van der Waals surface area contributed by atoms with Gasteiger partial charge in [-0.25, -0.2) is 4.79 Å². The van der Waals surface area contributed by atoms with Gasteiger partial charge in [0.25, 0.3) is 0 Å². The van der Waals surface area contributed by atoms with Gasteiger partial charge < -0.3 is 10.2 Å². The Hall–Kier alpha value is -2.94. The van der Waals surface area contributed by atoms with Crippen LogP contribution in [0.3, 0.4) is 0 Å². The quantitative estimate of drug-likeness (QED) is 0.732. The lowest BCUT2D eigenvalue weighted by atomic mass is 10.0. The lowest BCUT2D eigenvalue weighted by Crippen LogP contribution is -2.28. The Kier molecular flexibility index (Phi) is 7.92. The molecular weight excluding hydrogens is 365 g/mol. The molecule has 0 fully saturated rings. The fourth-order valence-electron chi connectivity index (χ4n) is 2.11. The third kappa shape index (κ3) is 7.45. The van der Waals surface area contributed by atoms with Crippen LogP contribution in [-0.4, -0.2) is 33.3 Å². The number of nitrogens with one attached hydrogen (secondary N) is 1. The molecule has 2 aromatic rings. The first-order chi connectivity index (χ1) is 12.5. The molecule has 6 nitrogen and oxygen atoms in total. The minimum absolute atomic E-state index is 0.477. The van der Waals surface area contributed by atoms with Gasteiger partial charge in [-0.3, -0.25) is 15.1 Å². The molecule has 0 saturated carbocycles. The predicted octanol–water partition coefficient (Wildman–Crippen LogP) is 3.25. The number of benzene rings is 1. The second-order valence-corrected chi connectivity index (χ2v) is 5.62. The summed E-state index contributed by atoms with van der Waals surface area (Å²) in [5.41, 5.74) is 3.73. The number of aliphatic carboxylic acids is 2. The molecule has 0 radical (unpaired) electrons. The first kappa shape index (κ1) is 22.1. The van der Waals surface area contributed by atoms with E-state index in [4.69, 9.17) is 9.90 Å². The maximum absolute atomic E-state index is 11.4. The van der Waals surface area contributed by atoms with Gasteiger partial charge in [0.1, 0.15) is 6.04 Å². The molecule has 27 heavy (non-hydrogen) atoms. The van der Waals surface area contributed by atoms with Gasteiger partial charge >= 0.3 is 18.1 Å². The SMILES string of the molecule is Cc1cccc(C(NCc2cccnc2C)C(=O)O)c1.O=C(O)C(F)(F)F. The molecule has 0 saturated heterocycles. The van der Waals surface area contributed by atoms with Gasteiger partial charge in [0.15, 0.2) is 0 Å². The lowest BCUT2D eigenvalue weighted by molar-refractivity contribution is -0.192. The van der Waals surface area contributed by atoms with E-state index in [1.54, 1.807) is 6.20 Å². The summed E-state index contributed by atoms with van der Waals surface area (Å²) in [4.78, 5) is 24.5. The average molecular weight is 384 g/mol. The first-order valence-electron chi connectivity index (χ1n) is 7.75. The van der Waals surface area contributed by atoms with E-state index >= 15 is 0 Å². The third-order valence-electron chi connectivity index (χ3n) is 3.48. The molecule has 0 aliphatic carbocycles. The van der Waals surface area contributed by atoms with Gasteiger partial charge in [-0.15, -0.1) is 0 Å². The van der Waals surface area contributed by atoms with E-state index in [0.29, 0.717) is 6.54 Å². The number of carboxylic acid groups (broad SMARTS) is 2. The molecule has 1 atom stereocenters. The summed E-state index contributed by atoms with van der Waals surface area (Å²) in [5.74, 6) is -3.63. The molecule has 2 rings (SSSR count). The normalized spacial score (nSPS) is 11.9. The number of aryl methyl sites for hydroxylation is 2. The Morgan fingerprint density at radius 1 is 1.15 bits per heavy atom. The summed E-state index contributed by atoms with van der Waals surface area (Å²) in [6, 6.07) is 10.6. The smallest absolute Gasteiger partial charge is 0.480 e. The van der Waals surface area contributed by atoms with E-state index in [1.165, 1.54) is 0 Å². The summed E-state index contributed by atoms with van der Waals surface area (Å²) in [6.07, 6.45) is -3.35. The maximum atomic E-state index is 11.4. The highest BCUT2D eigenvalue weighted by molar-refractivity contribution is 5.75. The summed E-state index contributed by atoms with van der Waals surface area (Å²) >= 11 is 0. The molecule has 1 aromatic carbocycles. The average Bonchev–Trinajstić information content (AvgIpc) is 2.56. The van der Waals surface area contributed by atoms with Gasteiger partial charge in [0, 0.05) is 18.4 Å². The number of rotatable bonds is 5. The summed E-state index contributed by atoms with van der Waals surface area (Å²) in [7, 11) is 0. The number of hydrogen-bond acceptors (Lipinski definition) is 4. The Bertz CT molecular complexity index is 794. The highest BCUT2D eigenvalue weighted by Crippen LogP contribution is 2.16. The Balaban J connectivity index is 0.000000445. The zero-order chi connectivity index (χ0) is 20.6. The Morgan fingerprint density at radius 3 is 2.26 bits per heavy atom. The molecule has 146 valence electrons. The zero-order valence-corrected chi connectivity index (χ0v) is 14.6. The molecule has 0 bridgehead atoms. The van der Waals surface area contributed by atoms with Gasteiger partial charge in [-0.05, 0) is 31.0 Å². The van der Waals surface area contributed by atoms with Crippen molar-refractivity contribution in [2.45, 2.75) is 32.6 Å². The van der Waals surface area contributed by atoms with Crippen molar-refractivity contribution in [1.29, 1.82) is 0 Å². The van der Waals surface area contributed by atoms with Crippen LogP contribution in [0.4, 0.5) is 13.2 Å². The van der Waals surface area contributed by atoms with Crippen LogP contribution < -0.4 is 5.32 Å². The largest absolute Gasteiger partial charge is 0.490 e. The van der Waals surface area contributed by atoms with Crippen molar-refractivity contribution in [3.05, 3.63) is 65.0 Å². The van der Waals surface area contributed by atoms with Crippen LogP contribution in [0.5, 0.6) is 0 Å². The molecular formula is C18H19F3N2O4. The van der Waals surface area contributed by atoms with Crippen LogP contribution >= 0.6 is 0 Å². The molecule has 9 heteroatoms. The molecule has 3 N–H and O–H groups in total. The number of nitrogens with zero attached hydrogens (tertiary/aromatic N) is 1. The van der Waals surface area contributed by atoms with Crippen molar-refractivity contribution in [2.75, 3.05) is 0 Å². The predicted molar refractivity (Wildman–Crippen MR) is 91.1 cm³/mol. The molecule has 1 unspecified atom stereocenters. The van der Waals surface area contributed by atoms with Crippen LogP contribution in [0.2, 0.25) is 0 Å². The zero-order valence-electron chi connectivity index (χ0n) is 14.6. The first-order valence-corrected chi connectivity index (χ1v) is 7.75. The number of halogens is 3. The van der Waals surface area contributed by atoms with E-state index < -0.39 is 24.2 Å². The molecule has 1 aromatic heterocycles. The van der Waals surface area contributed by atoms with Crippen molar-refractivity contribution in [1.82, 2.24) is 10.3 Å². The van der Waals surface area contributed by atoms with E-state index in [-0.39, 0.29) is 0 Å². The van der Waals surface area contributed by atoms with Crippen molar-refractivity contribution >= 4 is 11.9 Å². The van der Waals surface area contributed by atoms with E-state index in [9.17, 15) is 23.1 Å². The summed E-state index contributed by atoms with van der Waals surface area (Å²) in [5, 5.41) is 19.6. The van der Waals surface area contributed by atoms with Gasteiger partial charge in [-0.1, -0.05) is 35.9 Å². The minimum atomic E-state index is -5.08. The third-order valence-corrected chi connectivity index (χ3v) is 3.48. The number of pyridine rings is 1. The molecule has 0 amide bonds. The number of hydrogen-bond donors (Lipinski definition) is 3. The second kappa shape index (κ2) is 9.67. The van der Waals surface area contributed by atoms with Gasteiger partial charge in [-0.2, -0.15) is 13.2 Å². The van der Waals surface area contributed by atoms with Crippen LogP contribution in [0.1, 0.15) is 28.4 Å². The fourth-order valence-corrected chi connectivity index (χ4v) is 2.11. The number of aromatic nitrogens is 1. The standard InChI is InChI=1S/C16H18N2O2.C2HF3O2/c1-11-5-3-6-13(9-11)15(16(19)20)18-10-14-7-4-8-17-12(14)2;3-2(4,5)1(6)7/h3-9,15,18H,10H2,1-2H3,(H,19,20);(H,6,7). The van der Waals surface area contributed by atoms with Crippen molar-refractivity contribution in [3.8, 4) is 0 Å². The topological polar surface area (TPSA) is 99.5 Å². The fraction of sp³-hybridized carbons (Fsp3) is 0.278. The van der Waals surface area contributed by atoms with Crippen LogP contribution in [0.15, 0.2) is 42.6 Å². The number of alkyl halides is 3. The molecule has 0 aliphatic heterocycles. The van der Waals surface area contributed by atoms with Crippen molar-refractivity contribution < 1.29 is 33.0 Å². The highest BCUT2D eigenvalue weighted by Gasteiger charge is 2.38. The molecule has 1 heterocycles. The van der Waals surface area contributed by atoms with Gasteiger partial charge in [0.05, 0.1) is 0 Å². The monoisotopic (exact) mass is 384 g/mol. The Morgan fingerprint density at radius 2 is 1.78 bits per heavy atom. The van der Waals surface area contributed by atoms with E-state index in [0.717, 1.165) is 22.4 Å². The summed E-state index contributed by atoms with van der Waals surface area (Å²) in [6.45, 7) is 4.34. The highest BCUT2D eigenvalue weighted by atomic mass is 19.4. The minimum Gasteiger partial charge on any atom is -0.480 e. The van der Waals surface area contributed by atoms with Gasteiger partial charge in [0.2, 0.25) is 0 Å². The van der Waals surface area contributed by atoms with Crippen LogP contribution in [0.25, 0.3) is 0 Å². The van der Waals surface area contributed by atoms with Crippen LogP contribution in [0, 0.1) is 13.8 Å². The molecule has 0 spiro atoms. The second-order valence-electron chi connectivity index (χ2n) is 5.62. The number of carbonyl (C=O) groups is 2. The number of carboxylic acids is 2. The summed E-state index contributed by atoms with van der Waals surface area (Å²) < 4.78 is 31.7. The van der Waals surface area contributed by atoms with E-state index in [1.807, 2.05) is 50.2 Å². The van der Waals surface area contributed by atoms with Crippen LogP contribution in [-0.2, 0) is 16.1 Å². The molecule has 0 aliphatic rings. The van der Waals surface area contributed by atoms with Crippen molar-refractivity contribution in [2.24, 2.45) is 0 Å². The maximum Gasteiger partial charge on any atom is 0.490 e. The Labute approximate surface area is 153 Å². The van der Waals surface area contributed by atoms with E-state index in [2.05, 4.69) is 10.3 Å². The lowest BCUT2D eigenvalue weighted by Gasteiger charge is -2.16. The van der Waals surface area contributed by atoms with Crippen molar-refractivity contribution in [3.63, 3.8) is 0 Å².